The molecule has 1 aromatic heterocycles. The van der Waals surface area contributed by atoms with Gasteiger partial charge < -0.3 is 4.74 Å². The molecule has 0 aliphatic carbocycles. The van der Waals surface area contributed by atoms with Crippen molar-refractivity contribution in [3.05, 3.63) is 103 Å². The minimum absolute atomic E-state index is 0.134. The van der Waals surface area contributed by atoms with Crippen LogP contribution in [0.4, 0.5) is 0 Å². The molecule has 0 unspecified atom stereocenters. The van der Waals surface area contributed by atoms with Gasteiger partial charge in [-0.15, -0.1) is 10.2 Å². The van der Waals surface area contributed by atoms with Crippen molar-refractivity contribution in [3.63, 3.8) is 0 Å². The van der Waals surface area contributed by atoms with Gasteiger partial charge >= 0.3 is 0 Å². The summed E-state index contributed by atoms with van der Waals surface area (Å²) >= 11 is 1.30. The molecule has 1 heterocycles. The molecule has 4 aromatic carbocycles. The second-order valence-electron chi connectivity index (χ2n) is 8.25. The predicted molar refractivity (Wildman–Crippen MR) is 148 cm³/mol. The molecule has 0 atom stereocenters. The van der Waals surface area contributed by atoms with Crippen LogP contribution in [-0.4, -0.2) is 39.2 Å². The van der Waals surface area contributed by atoms with Gasteiger partial charge in [-0.3, -0.25) is 9.36 Å². The number of ether oxygens (including phenoxy) is 1. The Morgan fingerprint density at radius 1 is 0.919 bits per heavy atom. The number of hydrogen-bond donors (Lipinski definition) is 1. The minimum atomic E-state index is -0.227. The molecule has 5 rings (SSSR count). The number of carbonyl (C=O) groups is 1. The van der Waals surface area contributed by atoms with E-state index in [1.165, 1.54) is 11.8 Å². The Kier molecular flexibility index (Phi) is 7.28. The Hall–Kier alpha value is -4.43. The second kappa shape index (κ2) is 11.1. The summed E-state index contributed by atoms with van der Waals surface area (Å²) < 4.78 is 7.24. The fourth-order valence-corrected chi connectivity index (χ4v) is 4.76. The number of fused-ring (bicyclic) bond motifs is 1. The van der Waals surface area contributed by atoms with E-state index in [1.54, 1.807) is 7.11 Å². The third-order valence-corrected chi connectivity index (χ3v) is 6.79. The fraction of sp³-hybridized carbons (Fsp3) is 0.103. The maximum Gasteiger partial charge on any atom is 0.250 e. The number of methoxy groups -OCH3 is 1. The molecule has 0 saturated heterocycles. The summed E-state index contributed by atoms with van der Waals surface area (Å²) in [6.07, 6.45) is 0. The fourth-order valence-electron chi connectivity index (χ4n) is 4.01. The molecule has 0 bridgehead atoms. The smallest absolute Gasteiger partial charge is 0.250 e. The van der Waals surface area contributed by atoms with Crippen LogP contribution >= 0.6 is 11.8 Å². The highest BCUT2D eigenvalue weighted by atomic mass is 32.2. The van der Waals surface area contributed by atoms with Crippen LogP contribution in [-0.2, 0) is 4.79 Å². The zero-order valence-electron chi connectivity index (χ0n) is 20.5. The molecule has 0 spiro atoms. The summed E-state index contributed by atoms with van der Waals surface area (Å²) in [6.45, 7) is 1.89. The molecule has 37 heavy (non-hydrogen) atoms. The van der Waals surface area contributed by atoms with Gasteiger partial charge in [0.2, 0.25) is 0 Å². The number of benzene rings is 4. The average molecular weight is 508 g/mol. The van der Waals surface area contributed by atoms with Crippen LogP contribution in [0.5, 0.6) is 5.75 Å². The van der Waals surface area contributed by atoms with Gasteiger partial charge in [0, 0.05) is 16.8 Å². The number of rotatable bonds is 8. The summed E-state index contributed by atoms with van der Waals surface area (Å²) in [5.74, 6) is 1.36. The van der Waals surface area contributed by atoms with Crippen molar-refractivity contribution in [2.45, 2.75) is 12.1 Å². The molecule has 0 saturated carbocycles. The minimum Gasteiger partial charge on any atom is -0.497 e. The van der Waals surface area contributed by atoms with Crippen molar-refractivity contribution in [3.8, 4) is 22.8 Å². The lowest BCUT2D eigenvalue weighted by Gasteiger charge is -2.11. The largest absolute Gasteiger partial charge is 0.497 e. The molecule has 0 fully saturated rings. The van der Waals surface area contributed by atoms with Crippen molar-refractivity contribution in [1.82, 2.24) is 20.2 Å². The third kappa shape index (κ3) is 5.39. The Bertz CT molecular complexity index is 1560. The molecular weight excluding hydrogens is 482 g/mol. The number of amides is 1. The summed E-state index contributed by atoms with van der Waals surface area (Å²) in [5, 5.41) is 16.0. The van der Waals surface area contributed by atoms with Gasteiger partial charge in [0.15, 0.2) is 11.0 Å². The first-order chi connectivity index (χ1) is 18.1. The number of hydrogen-bond acceptors (Lipinski definition) is 6. The van der Waals surface area contributed by atoms with Crippen LogP contribution in [0.15, 0.2) is 107 Å². The van der Waals surface area contributed by atoms with Gasteiger partial charge in [-0.05, 0) is 42.0 Å². The third-order valence-electron chi connectivity index (χ3n) is 5.86. The Morgan fingerprint density at radius 2 is 1.65 bits per heavy atom. The standard InChI is InChI=1S/C29H25N5O2S/c1-20(25-14-8-12-21-9-6-7-13-26(21)25)30-31-27(35)19-37-29-33-32-28(22-10-4-3-5-11-22)34(29)23-15-17-24(36-2)18-16-23/h3-18H,19H2,1-2H3,(H,31,35)/b30-20-. The van der Waals surface area contributed by atoms with Crippen molar-refractivity contribution >= 4 is 34.2 Å². The molecule has 7 nitrogen and oxygen atoms in total. The lowest BCUT2D eigenvalue weighted by molar-refractivity contribution is -0.118. The topological polar surface area (TPSA) is 81.4 Å². The van der Waals surface area contributed by atoms with Crippen molar-refractivity contribution < 1.29 is 9.53 Å². The first-order valence-corrected chi connectivity index (χ1v) is 12.7. The number of nitrogens with zero attached hydrogens (tertiary/aromatic N) is 4. The van der Waals surface area contributed by atoms with Gasteiger partial charge in [0.1, 0.15) is 5.75 Å². The van der Waals surface area contributed by atoms with Gasteiger partial charge in [-0.2, -0.15) is 5.10 Å². The van der Waals surface area contributed by atoms with E-state index in [1.807, 2.05) is 90.4 Å². The molecule has 0 aliphatic heterocycles. The van der Waals surface area contributed by atoms with Gasteiger partial charge in [0.05, 0.1) is 18.6 Å². The van der Waals surface area contributed by atoms with Crippen LogP contribution in [0.2, 0.25) is 0 Å². The number of carbonyl (C=O) groups excluding carboxylic acids is 1. The second-order valence-corrected chi connectivity index (χ2v) is 9.20. The summed E-state index contributed by atoms with van der Waals surface area (Å²) in [7, 11) is 1.63. The van der Waals surface area contributed by atoms with Crippen molar-refractivity contribution in [1.29, 1.82) is 0 Å². The van der Waals surface area contributed by atoms with Crippen molar-refractivity contribution in [2.24, 2.45) is 5.10 Å². The zero-order valence-corrected chi connectivity index (χ0v) is 21.3. The van der Waals surface area contributed by atoms with E-state index in [9.17, 15) is 4.79 Å². The van der Waals surface area contributed by atoms with E-state index in [2.05, 4.69) is 38.9 Å². The van der Waals surface area contributed by atoms with E-state index in [0.717, 1.165) is 39.0 Å². The number of thioether (sulfide) groups is 1. The Morgan fingerprint density at radius 3 is 2.43 bits per heavy atom. The molecular formula is C29H25N5O2S. The number of aromatic nitrogens is 3. The Balaban J connectivity index is 1.35. The first kappa shape index (κ1) is 24.3. The highest BCUT2D eigenvalue weighted by Crippen LogP contribution is 2.29. The summed E-state index contributed by atoms with van der Waals surface area (Å²) in [5.41, 5.74) is 6.21. The maximum absolute atomic E-state index is 12.7. The molecule has 0 radical (unpaired) electrons. The molecule has 8 heteroatoms. The highest BCUT2D eigenvalue weighted by molar-refractivity contribution is 7.99. The first-order valence-electron chi connectivity index (χ1n) is 11.7. The molecule has 1 amide bonds. The normalized spacial score (nSPS) is 11.5. The van der Waals surface area contributed by atoms with E-state index >= 15 is 0 Å². The maximum atomic E-state index is 12.7. The summed E-state index contributed by atoms with van der Waals surface area (Å²) in [4.78, 5) is 12.7. The van der Waals surface area contributed by atoms with E-state index in [0.29, 0.717) is 11.0 Å². The van der Waals surface area contributed by atoms with Crippen LogP contribution in [0.25, 0.3) is 27.8 Å². The van der Waals surface area contributed by atoms with E-state index < -0.39 is 0 Å². The van der Waals surface area contributed by atoms with Crippen LogP contribution in [0, 0.1) is 0 Å². The molecule has 1 N–H and O–H groups in total. The SMILES string of the molecule is COc1ccc(-n2c(SCC(=O)N/N=C(/C)c3cccc4ccccc34)nnc2-c2ccccc2)cc1. The number of nitrogens with one attached hydrogen (secondary N) is 1. The zero-order chi connectivity index (χ0) is 25.6. The molecule has 5 aromatic rings. The van der Waals surface area contributed by atoms with Gasteiger partial charge in [0.25, 0.3) is 5.91 Å². The van der Waals surface area contributed by atoms with Gasteiger partial charge in [-0.1, -0.05) is 84.6 Å². The molecule has 184 valence electrons. The molecule has 0 aliphatic rings. The van der Waals surface area contributed by atoms with Gasteiger partial charge in [-0.25, -0.2) is 5.43 Å². The lowest BCUT2D eigenvalue weighted by Crippen LogP contribution is -2.21. The average Bonchev–Trinajstić information content (AvgIpc) is 3.39. The monoisotopic (exact) mass is 507 g/mol. The van der Waals surface area contributed by atoms with Crippen LogP contribution < -0.4 is 10.2 Å². The Labute approximate surface area is 219 Å². The highest BCUT2D eigenvalue weighted by Gasteiger charge is 2.17. The quantitative estimate of drug-likeness (QED) is 0.165. The summed E-state index contributed by atoms with van der Waals surface area (Å²) in [6, 6.07) is 31.7. The van der Waals surface area contributed by atoms with E-state index in [4.69, 9.17) is 4.74 Å². The number of hydrazone groups is 1. The predicted octanol–water partition coefficient (Wildman–Crippen LogP) is 5.73. The lowest BCUT2D eigenvalue weighted by atomic mass is 10.0. The van der Waals surface area contributed by atoms with Crippen molar-refractivity contribution in [2.75, 3.05) is 12.9 Å². The van der Waals surface area contributed by atoms with Crippen LogP contribution in [0.3, 0.4) is 0 Å². The van der Waals surface area contributed by atoms with Crippen LogP contribution in [0.1, 0.15) is 12.5 Å². The van der Waals surface area contributed by atoms with E-state index in [-0.39, 0.29) is 11.7 Å².